The summed E-state index contributed by atoms with van der Waals surface area (Å²) >= 11 is 0. The molecule has 1 saturated heterocycles. The second-order valence-corrected chi connectivity index (χ2v) is 7.44. The third-order valence-corrected chi connectivity index (χ3v) is 5.32. The lowest BCUT2D eigenvalue weighted by atomic mass is 10.2. The van der Waals surface area contributed by atoms with Crippen molar-refractivity contribution in [3.05, 3.63) is 48.2 Å². The van der Waals surface area contributed by atoms with Crippen LogP contribution in [0.25, 0.3) is 0 Å². The maximum atomic E-state index is 11.0. The van der Waals surface area contributed by atoms with Gasteiger partial charge in [0, 0.05) is 38.1 Å². The Morgan fingerprint density at radius 3 is 2.28 bits per heavy atom. The Morgan fingerprint density at radius 1 is 0.966 bits per heavy atom. The van der Waals surface area contributed by atoms with Crippen molar-refractivity contribution in [3.63, 3.8) is 0 Å². The Morgan fingerprint density at radius 2 is 1.66 bits per heavy atom. The molecule has 29 heavy (non-hydrogen) atoms. The Kier molecular flexibility index (Phi) is 7.73. The van der Waals surface area contributed by atoms with Gasteiger partial charge >= 0.3 is 5.97 Å². The summed E-state index contributed by atoms with van der Waals surface area (Å²) in [6.07, 6.45) is 7.65. The maximum absolute atomic E-state index is 11.0. The SMILES string of the molecule is CCCCCCCOc1ccc(N2CCN(c3ccc(C(=O)O)cn3)CC2)cc1. The summed E-state index contributed by atoms with van der Waals surface area (Å²) < 4.78 is 5.85. The van der Waals surface area contributed by atoms with Gasteiger partial charge in [0.25, 0.3) is 0 Å². The van der Waals surface area contributed by atoms with Crippen LogP contribution >= 0.6 is 0 Å². The zero-order chi connectivity index (χ0) is 20.5. The minimum absolute atomic E-state index is 0.218. The number of unbranched alkanes of at least 4 members (excludes halogenated alkanes) is 4. The number of carboxylic acids is 1. The maximum Gasteiger partial charge on any atom is 0.337 e. The fourth-order valence-electron chi connectivity index (χ4n) is 3.54. The van der Waals surface area contributed by atoms with E-state index in [9.17, 15) is 4.79 Å². The Labute approximate surface area is 173 Å². The highest BCUT2D eigenvalue weighted by atomic mass is 16.5. The van der Waals surface area contributed by atoms with Gasteiger partial charge in [0.2, 0.25) is 0 Å². The van der Waals surface area contributed by atoms with Crippen LogP contribution < -0.4 is 14.5 Å². The highest BCUT2D eigenvalue weighted by molar-refractivity contribution is 5.87. The number of aromatic carboxylic acids is 1. The molecule has 0 atom stereocenters. The molecule has 0 bridgehead atoms. The molecule has 0 unspecified atom stereocenters. The van der Waals surface area contributed by atoms with Crippen molar-refractivity contribution in [2.45, 2.75) is 39.0 Å². The molecule has 2 heterocycles. The van der Waals surface area contributed by atoms with Crippen LogP contribution in [0.2, 0.25) is 0 Å². The molecule has 0 saturated carbocycles. The molecule has 3 rings (SSSR count). The fraction of sp³-hybridized carbons (Fsp3) is 0.478. The standard InChI is InChI=1S/C23H31N3O3/c1-2-3-4-5-6-17-29-21-10-8-20(9-11-21)25-13-15-26(16-14-25)22-12-7-19(18-24-22)23(27)28/h7-12,18H,2-6,13-17H2,1H3,(H,27,28). The van der Waals surface area contributed by atoms with Crippen molar-refractivity contribution >= 4 is 17.5 Å². The molecule has 0 amide bonds. The second-order valence-electron chi connectivity index (χ2n) is 7.44. The van der Waals surface area contributed by atoms with Crippen LogP contribution in [-0.2, 0) is 0 Å². The number of carboxylic acid groups (broad SMARTS) is 1. The zero-order valence-electron chi connectivity index (χ0n) is 17.2. The third-order valence-electron chi connectivity index (χ3n) is 5.32. The Balaban J connectivity index is 1.44. The number of nitrogens with zero attached hydrogens (tertiary/aromatic N) is 3. The van der Waals surface area contributed by atoms with E-state index in [1.54, 1.807) is 12.1 Å². The number of ether oxygens (including phenoxy) is 1. The summed E-state index contributed by atoms with van der Waals surface area (Å²) in [6.45, 7) is 6.54. The zero-order valence-corrected chi connectivity index (χ0v) is 17.2. The normalized spacial score (nSPS) is 14.1. The lowest BCUT2D eigenvalue weighted by Gasteiger charge is -2.36. The first-order chi connectivity index (χ1) is 14.2. The van der Waals surface area contributed by atoms with Gasteiger partial charge in [-0.05, 0) is 42.8 Å². The molecule has 6 nitrogen and oxygen atoms in total. The molecule has 6 heteroatoms. The number of anilines is 2. The van der Waals surface area contributed by atoms with Crippen LogP contribution in [0, 0.1) is 0 Å². The average molecular weight is 398 g/mol. The van der Waals surface area contributed by atoms with E-state index >= 15 is 0 Å². The van der Waals surface area contributed by atoms with E-state index in [2.05, 4.69) is 46.0 Å². The number of rotatable bonds is 10. The van der Waals surface area contributed by atoms with Crippen LogP contribution in [-0.4, -0.2) is 48.8 Å². The molecular weight excluding hydrogens is 366 g/mol. The predicted molar refractivity (Wildman–Crippen MR) is 116 cm³/mol. The van der Waals surface area contributed by atoms with E-state index in [0.717, 1.165) is 50.8 Å². The third kappa shape index (κ3) is 6.11. The van der Waals surface area contributed by atoms with Gasteiger partial charge in [0.05, 0.1) is 12.2 Å². The number of piperazine rings is 1. The van der Waals surface area contributed by atoms with Crippen molar-refractivity contribution in [2.75, 3.05) is 42.6 Å². The summed E-state index contributed by atoms with van der Waals surface area (Å²) in [6, 6.07) is 11.8. The number of benzene rings is 1. The average Bonchev–Trinajstić information content (AvgIpc) is 2.77. The van der Waals surface area contributed by atoms with E-state index < -0.39 is 5.97 Å². The van der Waals surface area contributed by atoms with Gasteiger partial charge in [0.1, 0.15) is 11.6 Å². The molecule has 1 aliphatic heterocycles. The first kappa shape index (κ1) is 21.0. The van der Waals surface area contributed by atoms with Crippen LogP contribution in [0.5, 0.6) is 5.75 Å². The van der Waals surface area contributed by atoms with Gasteiger partial charge in [-0.2, -0.15) is 0 Å². The largest absolute Gasteiger partial charge is 0.494 e. The number of hydrogen-bond donors (Lipinski definition) is 1. The highest BCUT2D eigenvalue weighted by Crippen LogP contribution is 2.22. The Hall–Kier alpha value is -2.76. The van der Waals surface area contributed by atoms with Gasteiger partial charge in [-0.3, -0.25) is 0 Å². The van der Waals surface area contributed by atoms with Gasteiger partial charge in [-0.25, -0.2) is 9.78 Å². The lowest BCUT2D eigenvalue weighted by molar-refractivity contribution is 0.0696. The molecule has 1 aromatic carbocycles. The summed E-state index contributed by atoms with van der Waals surface area (Å²) in [7, 11) is 0. The quantitative estimate of drug-likeness (QED) is 0.597. The first-order valence-corrected chi connectivity index (χ1v) is 10.6. The molecule has 0 aliphatic carbocycles. The van der Waals surface area contributed by atoms with E-state index in [1.165, 1.54) is 37.6 Å². The molecule has 1 aliphatic rings. The molecule has 2 aromatic rings. The van der Waals surface area contributed by atoms with Crippen LogP contribution in [0.15, 0.2) is 42.6 Å². The molecule has 0 spiro atoms. The molecular formula is C23H31N3O3. The van der Waals surface area contributed by atoms with Crippen LogP contribution in [0.3, 0.4) is 0 Å². The highest BCUT2D eigenvalue weighted by Gasteiger charge is 2.18. The molecule has 1 fully saturated rings. The van der Waals surface area contributed by atoms with Crippen LogP contribution in [0.4, 0.5) is 11.5 Å². The smallest absolute Gasteiger partial charge is 0.337 e. The predicted octanol–water partition coefficient (Wildman–Crippen LogP) is 4.46. The Bertz CT molecular complexity index is 754. The number of aromatic nitrogens is 1. The van der Waals surface area contributed by atoms with E-state index in [-0.39, 0.29) is 5.56 Å². The molecule has 156 valence electrons. The fourth-order valence-corrected chi connectivity index (χ4v) is 3.54. The van der Waals surface area contributed by atoms with E-state index in [1.807, 2.05) is 0 Å². The monoisotopic (exact) mass is 397 g/mol. The number of carbonyl (C=O) groups is 1. The second kappa shape index (κ2) is 10.7. The summed E-state index contributed by atoms with van der Waals surface area (Å²) in [5.74, 6) is 0.820. The summed E-state index contributed by atoms with van der Waals surface area (Å²) in [5, 5.41) is 8.99. The first-order valence-electron chi connectivity index (χ1n) is 10.6. The summed E-state index contributed by atoms with van der Waals surface area (Å²) in [4.78, 5) is 19.8. The van der Waals surface area contributed by atoms with Gasteiger partial charge in [-0.15, -0.1) is 0 Å². The van der Waals surface area contributed by atoms with Gasteiger partial charge in [-0.1, -0.05) is 32.6 Å². The van der Waals surface area contributed by atoms with Gasteiger partial charge < -0.3 is 19.6 Å². The van der Waals surface area contributed by atoms with E-state index in [4.69, 9.17) is 9.84 Å². The lowest BCUT2D eigenvalue weighted by Crippen LogP contribution is -2.46. The molecule has 0 radical (unpaired) electrons. The van der Waals surface area contributed by atoms with Crippen molar-refractivity contribution in [2.24, 2.45) is 0 Å². The minimum Gasteiger partial charge on any atom is -0.494 e. The molecule has 1 N–H and O–H groups in total. The minimum atomic E-state index is -0.946. The van der Waals surface area contributed by atoms with Crippen molar-refractivity contribution in [3.8, 4) is 5.75 Å². The van der Waals surface area contributed by atoms with E-state index in [0.29, 0.717) is 0 Å². The number of hydrogen-bond acceptors (Lipinski definition) is 5. The van der Waals surface area contributed by atoms with Crippen molar-refractivity contribution in [1.82, 2.24) is 4.98 Å². The van der Waals surface area contributed by atoms with Gasteiger partial charge in [0.15, 0.2) is 0 Å². The van der Waals surface area contributed by atoms with Crippen LogP contribution in [0.1, 0.15) is 49.4 Å². The molecule has 1 aromatic heterocycles. The van der Waals surface area contributed by atoms with Crippen molar-refractivity contribution < 1.29 is 14.6 Å². The van der Waals surface area contributed by atoms with Crippen molar-refractivity contribution in [1.29, 1.82) is 0 Å². The number of pyridine rings is 1. The topological polar surface area (TPSA) is 65.9 Å². The summed E-state index contributed by atoms with van der Waals surface area (Å²) in [5.41, 5.74) is 1.42.